The Labute approximate surface area is 320 Å². The molecule has 0 aliphatic heterocycles. The molecule has 0 N–H and O–H groups in total. The zero-order chi connectivity index (χ0) is 37.9. The number of ether oxygens (including phenoxy) is 6. The number of unbranched alkanes of at least 4 members (excludes halogenated alkanes) is 12. The van der Waals surface area contributed by atoms with E-state index in [2.05, 4.69) is 51.7 Å². The zero-order valence-corrected chi connectivity index (χ0v) is 34.0. The highest BCUT2D eigenvalue weighted by Gasteiger charge is 2.23. The van der Waals surface area contributed by atoms with Gasteiger partial charge >= 0.3 is 0 Å². The Bertz CT molecular complexity index is 1220. The van der Waals surface area contributed by atoms with Gasteiger partial charge in [-0.2, -0.15) is 0 Å². The van der Waals surface area contributed by atoms with Gasteiger partial charge < -0.3 is 32.8 Å². The van der Waals surface area contributed by atoms with Crippen LogP contribution >= 0.6 is 0 Å². The van der Waals surface area contributed by atoms with Crippen molar-refractivity contribution in [1.82, 2.24) is 10.2 Å². The molecule has 0 spiro atoms. The number of hydrogen-bond acceptors (Lipinski definition) is 9. The van der Waals surface area contributed by atoms with Gasteiger partial charge in [-0.25, -0.2) is 0 Å². The number of hydrogen-bond donors (Lipinski definition) is 0. The molecule has 0 bridgehead atoms. The van der Waals surface area contributed by atoms with E-state index in [1.807, 2.05) is 24.3 Å². The van der Waals surface area contributed by atoms with Crippen molar-refractivity contribution >= 4 is 0 Å². The Hall–Kier alpha value is -3.62. The first-order valence-corrected chi connectivity index (χ1v) is 21.1. The van der Waals surface area contributed by atoms with Crippen LogP contribution in [-0.4, -0.2) is 49.8 Å². The summed E-state index contributed by atoms with van der Waals surface area (Å²) in [6.07, 6.45) is 19.0. The van der Waals surface area contributed by atoms with E-state index < -0.39 is 0 Å². The molecule has 3 aromatic rings. The number of aromatic nitrogens is 2. The van der Waals surface area contributed by atoms with Gasteiger partial charge in [0.25, 0.3) is 0 Å². The Morgan fingerprint density at radius 3 is 0.849 bits per heavy atom. The lowest BCUT2D eigenvalue weighted by Crippen LogP contribution is -2.06. The van der Waals surface area contributed by atoms with Crippen LogP contribution in [-0.2, 0) is 0 Å². The number of nitrogens with zero attached hydrogens (tertiary/aromatic N) is 2. The molecule has 9 heteroatoms. The highest BCUT2D eigenvalue weighted by atomic mass is 16.5. The largest absolute Gasteiger partial charge is 0.490 e. The molecule has 298 valence electrons. The molecular formula is C44H70N2O7. The Morgan fingerprint density at radius 1 is 0.358 bits per heavy atom. The Balaban J connectivity index is 2.04. The third kappa shape index (κ3) is 15.7. The molecule has 1 aromatic heterocycles. The quantitative estimate of drug-likeness (QED) is 0.0580. The second-order valence-corrected chi connectivity index (χ2v) is 13.8. The fourth-order valence-corrected chi connectivity index (χ4v) is 5.76. The lowest BCUT2D eigenvalue weighted by Gasteiger charge is -2.18. The average Bonchev–Trinajstić information content (AvgIpc) is 3.67. The molecule has 0 aliphatic rings. The second kappa shape index (κ2) is 27.0. The second-order valence-electron chi connectivity index (χ2n) is 13.8. The molecule has 3 rings (SSSR count). The normalized spacial score (nSPS) is 11.1. The molecule has 0 atom stereocenters. The minimum atomic E-state index is 0.366. The lowest BCUT2D eigenvalue weighted by molar-refractivity contribution is 0.235. The fraction of sp³-hybridized carbons (Fsp3) is 0.682. The van der Waals surface area contributed by atoms with Crippen molar-refractivity contribution in [3.05, 3.63) is 24.3 Å². The lowest BCUT2D eigenvalue weighted by atomic mass is 10.1. The van der Waals surface area contributed by atoms with Gasteiger partial charge in [0, 0.05) is 11.1 Å². The van der Waals surface area contributed by atoms with Gasteiger partial charge in [-0.05, 0) is 62.8 Å². The smallest absolute Gasteiger partial charge is 0.248 e. The summed E-state index contributed by atoms with van der Waals surface area (Å²) < 4.78 is 44.7. The summed E-state index contributed by atoms with van der Waals surface area (Å²) >= 11 is 0. The monoisotopic (exact) mass is 739 g/mol. The van der Waals surface area contributed by atoms with Gasteiger partial charge in [0.2, 0.25) is 23.3 Å². The third-order valence-electron chi connectivity index (χ3n) is 8.97. The van der Waals surface area contributed by atoms with Crippen LogP contribution in [0.5, 0.6) is 34.5 Å². The van der Waals surface area contributed by atoms with E-state index in [0.29, 0.717) is 97.0 Å². The van der Waals surface area contributed by atoms with Gasteiger partial charge in [-0.3, -0.25) is 0 Å². The zero-order valence-electron chi connectivity index (χ0n) is 34.0. The molecule has 0 radical (unpaired) electrons. The molecule has 0 aliphatic carbocycles. The van der Waals surface area contributed by atoms with E-state index in [9.17, 15) is 0 Å². The van der Waals surface area contributed by atoms with Gasteiger partial charge in [-0.1, -0.05) is 119 Å². The van der Waals surface area contributed by atoms with E-state index in [1.54, 1.807) is 0 Å². The van der Waals surface area contributed by atoms with Gasteiger partial charge in [-0.15, -0.1) is 10.2 Å². The summed E-state index contributed by atoms with van der Waals surface area (Å²) in [4.78, 5) is 0. The predicted molar refractivity (Wildman–Crippen MR) is 215 cm³/mol. The number of benzene rings is 2. The first kappa shape index (κ1) is 43.8. The van der Waals surface area contributed by atoms with Gasteiger partial charge in [0.05, 0.1) is 39.6 Å². The molecule has 0 unspecified atom stereocenters. The van der Waals surface area contributed by atoms with E-state index >= 15 is 0 Å². The molecule has 53 heavy (non-hydrogen) atoms. The van der Waals surface area contributed by atoms with Crippen LogP contribution in [0.15, 0.2) is 28.7 Å². The topological polar surface area (TPSA) is 94.3 Å². The minimum Gasteiger partial charge on any atom is -0.490 e. The van der Waals surface area contributed by atoms with Gasteiger partial charge in [0.15, 0.2) is 23.0 Å². The van der Waals surface area contributed by atoms with Crippen molar-refractivity contribution in [2.45, 2.75) is 157 Å². The highest BCUT2D eigenvalue weighted by Crippen LogP contribution is 2.44. The van der Waals surface area contributed by atoms with Crippen molar-refractivity contribution in [2.75, 3.05) is 39.6 Å². The molecule has 0 saturated carbocycles. The summed E-state index contributed by atoms with van der Waals surface area (Å²) in [6.45, 7) is 16.7. The summed E-state index contributed by atoms with van der Waals surface area (Å²) in [5.74, 6) is 4.55. The van der Waals surface area contributed by atoms with Crippen molar-refractivity contribution < 1.29 is 32.8 Å². The van der Waals surface area contributed by atoms with E-state index in [0.717, 1.165) is 116 Å². The Morgan fingerprint density at radius 2 is 0.604 bits per heavy atom. The van der Waals surface area contributed by atoms with Crippen molar-refractivity contribution in [2.24, 2.45) is 0 Å². The van der Waals surface area contributed by atoms with Gasteiger partial charge in [0.1, 0.15) is 0 Å². The summed E-state index contributed by atoms with van der Waals surface area (Å²) in [7, 11) is 0. The molecule has 2 aromatic carbocycles. The standard InChI is InChI=1S/C44H70N2O7/c1-7-13-19-25-47-37-31-35(32-38(48-26-20-14-8-2)41(37)51-29-23-17-11-5)43-45-46-44(53-43)36-33-39(49-27-21-15-9-3)42(52-30-24-18-12-6)40(34-36)50-28-22-16-10-4/h31-34H,7-30H2,1-6H3. The van der Waals surface area contributed by atoms with Crippen molar-refractivity contribution in [1.29, 1.82) is 0 Å². The first-order valence-electron chi connectivity index (χ1n) is 21.1. The van der Waals surface area contributed by atoms with Crippen LogP contribution in [0.3, 0.4) is 0 Å². The first-order chi connectivity index (χ1) is 26.1. The SMILES string of the molecule is CCCCCOc1cc(-c2nnc(-c3cc(OCCCCC)c(OCCCCC)c(OCCCCC)c3)o2)cc(OCCCCC)c1OCCCCC. The highest BCUT2D eigenvalue weighted by molar-refractivity contribution is 5.69. The molecule has 0 saturated heterocycles. The van der Waals surface area contributed by atoms with Crippen molar-refractivity contribution in [3.8, 4) is 57.4 Å². The average molecular weight is 739 g/mol. The van der Waals surface area contributed by atoms with Crippen LogP contribution < -0.4 is 28.4 Å². The Kier molecular flexibility index (Phi) is 22.3. The maximum absolute atomic E-state index is 6.43. The van der Waals surface area contributed by atoms with E-state index in [1.165, 1.54) is 0 Å². The fourth-order valence-electron chi connectivity index (χ4n) is 5.76. The molecule has 0 amide bonds. The van der Waals surface area contributed by atoms with Crippen LogP contribution in [0.4, 0.5) is 0 Å². The van der Waals surface area contributed by atoms with E-state index in [-0.39, 0.29) is 0 Å². The molecule has 1 heterocycles. The minimum absolute atomic E-state index is 0.366. The summed E-state index contributed by atoms with van der Waals surface area (Å²) in [6, 6.07) is 7.76. The van der Waals surface area contributed by atoms with Crippen LogP contribution in [0.1, 0.15) is 157 Å². The van der Waals surface area contributed by atoms with Crippen molar-refractivity contribution in [3.63, 3.8) is 0 Å². The summed E-state index contributed by atoms with van der Waals surface area (Å²) in [5, 5.41) is 9.05. The maximum Gasteiger partial charge on any atom is 0.248 e. The van der Waals surface area contributed by atoms with E-state index in [4.69, 9.17) is 32.8 Å². The van der Waals surface area contributed by atoms with Crippen LogP contribution in [0.25, 0.3) is 22.9 Å². The van der Waals surface area contributed by atoms with Crippen LogP contribution in [0, 0.1) is 0 Å². The summed E-state index contributed by atoms with van der Waals surface area (Å²) in [5.41, 5.74) is 1.42. The number of rotatable bonds is 32. The van der Waals surface area contributed by atoms with Crippen LogP contribution in [0.2, 0.25) is 0 Å². The third-order valence-corrected chi connectivity index (χ3v) is 8.97. The molecular weight excluding hydrogens is 668 g/mol. The molecule has 9 nitrogen and oxygen atoms in total. The predicted octanol–water partition coefficient (Wildman–Crippen LogP) is 12.8. The maximum atomic E-state index is 6.43. The molecule has 0 fully saturated rings.